The second-order valence-corrected chi connectivity index (χ2v) is 5.74. The topological polar surface area (TPSA) is 66.7 Å². The summed E-state index contributed by atoms with van der Waals surface area (Å²) in [6.45, 7) is 0. The van der Waals surface area contributed by atoms with Gasteiger partial charge in [0.1, 0.15) is 5.75 Å². The second-order valence-electron chi connectivity index (χ2n) is 4.60. The molecular formula is C16H15NO3S. The fourth-order valence-corrected chi connectivity index (χ4v) is 3.46. The molecule has 1 aliphatic rings. The molecule has 0 unspecified atom stereocenters. The molecule has 108 valence electrons. The minimum Gasteiger partial charge on any atom is -0.506 e. The van der Waals surface area contributed by atoms with Gasteiger partial charge in [0, 0.05) is 16.7 Å². The number of nitrogens with zero attached hydrogens (tertiary/aromatic N) is 1. The average Bonchev–Trinajstić information content (AvgIpc) is 2.84. The van der Waals surface area contributed by atoms with E-state index in [4.69, 9.17) is 9.59 Å². The zero-order valence-corrected chi connectivity index (χ0v) is 12.2. The monoisotopic (exact) mass is 301 g/mol. The molecule has 1 aromatic heterocycles. The molecule has 0 spiro atoms. The molecule has 0 aliphatic heterocycles. The van der Waals surface area contributed by atoms with Crippen LogP contribution in [0.5, 0.6) is 5.75 Å². The van der Waals surface area contributed by atoms with Crippen LogP contribution in [0.1, 0.15) is 28.2 Å². The van der Waals surface area contributed by atoms with Crippen molar-refractivity contribution in [2.75, 3.05) is 0 Å². The van der Waals surface area contributed by atoms with Gasteiger partial charge >= 0.3 is 6.15 Å². The van der Waals surface area contributed by atoms with Gasteiger partial charge < -0.3 is 5.11 Å². The number of carbonyl (C=O) groups excluding carboxylic acids is 2. The van der Waals surface area contributed by atoms with Gasteiger partial charge in [-0.15, -0.1) is 11.3 Å². The van der Waals surface area contributed by atoms with Gasteiger partial charge in [0.2, 0.25) is 0 Å². The van der Waals surface area contributed by atoms with E-state index in [0.29, 0.717) is 5.75 Å². The Balaban J connectivity index is 0.000000497. The van der Waals surface area contributed by atoms with Gasteiger partial charge in [-0.25, -0.2) is 0 Å². The summed E-state index contributed by atoms with van der Waals surface area (Å²) in [6.07, 6.45) is 6.58. The molecule has 0 amide bonds. The minimum atomic E-state index is 0.250. The Kier molecular flexibility index (Phi) is 5.43. The van der Waals surface area contributed by atoms with E-state index in [-0.39, 0.29) is 6.15 Å². The Morgan fingerprint density at radius 2 is 1.81 bits per heavy atom. The number of fused-ring (bicyclic) bond motifs is 1. The van der Waals surface area contributed by atoms with Crippen molar-refractivity contribution in [1.82, 2.24) is 0 Å². The van der Waals surface area contributed by atoms with E-state index < -0.39 is 0 Å². The van der Waals surface area contributed by atoms with Crippen LogP contribution in [0.4, 0.5) is 5.69 Å². The highest BCUT2D eigenvalue weighted by molar-refractivity contribution is 7.14. The van der Waals surface area contributed by atoms with E-state index in [1.54, 1.807) is 17.6 Å². The highest BCUT2D eigenvalue weighted by Gasteiger charge is 2.18. The molecule has 1 N–H and O–H groups in total. The molecule has 4 nitrogen and oxygen atoms in total. The number of aryl methyl sites for hydroxylation is 1. The van der Waals surface area contributed by atoms with Crippen molar-refractivity contribution < 1.29 is 14.7 Å². The molecule has 1 aromatic carbocycles. The molecule has 2 aromatic rings. The third kappa shape index (κ3) is 3.88. The average molecular weight is 301 g/mol. The van der Waals surface area contributed by atoms with Crippen LogP contribution in [0.15, 0.2) is 35.3 Å². The zero-order valence-electron chi connectivity index (χ0n) is 11.4. The number of para-hydroxylation sites is 1. The number of thiophene rings is 1. The molecular weight excluding hydrogens is 286 g/mol. The highest BCUT2D eigenvalue weighted by atomic mass is 32.1. The number of rotatable bonds is 2. The van der Waals surface area contributed by atoms with Crippen molar-refractivity contribution in [1.29, 1.82) is 0 Å². The lowest BCUT2D eigenvalue weighted by atomic mass is 9.98. The van der Waals surface area contributed by atoms with Gasteiger partial charge in [0.15, 0.2) is 0 Å². The number of hydrogen-bond acceptors (Lipinski definition) is 5. The predicted molar refractivity (Wildman–Crippen MR) is 81.3 cm³/mol. The molecule has 1 heterocycles. The van der Waals surface area contributed by atoms with Crippen molar-refractivity contribution in [3.05, 3.63) is 45.6 Å². The molecule has 1 aliphatic carbocycles. The lowest BCUT2D eigenvalue weighted by Crippen LogP contribution is -1.97. The van der Waals surface area contributed by atoms with Crippen molar-refractivity contribution in [2.24, 2.45) is 4.99 Å². The summed E-state index contributed by atoms with van der Waals surface area (Å²) in [5.74, 6) is 0.453. The Morgan fingerprint density at radius 1 is 1.14 bits per heavy atom. The summed E-state index contributed by atoms with van der Waals surface area (Å²) in [4.78, 5) is 22.9. The summed E-state index contributed by atoms with van der Waals surface area (Å²) in [7, 11) is 0. The standard InChI is InChI=1S/C15H15NOS.CO2/c17-15-12-8-4-5-9-13(12)18-14(15)10-16-11-6-2-1-3-7-11;2-1-3/h1-3,6-7,10,17H,4-5,8-9H2;. The first-order chi connectivity index (χ1) is 10.3. The minimum absolute atomic E-state index is 0.250. The Bertz CT molecular complexity index is 656. The van der Waals surface area contributed by atoms with E-state index in [9.17, 15) is 5.11 Å². The lowest BCUT2D eigenvalue weighted by Gasteiger charge is -2.09. The molecule has 0 atom stereocenters. The van der Waals surface area contributed by atoms with E-state index in [1.807, 2.05) is 30.3 Å². The fourth-order valence-electron chi connectivity index (χ4n) is 2.31. The van der Waals surface area contributed by atoms with Crippen LogP contribution in [0, 0.1) is 0 Å². The van der Waals surface area contributed by atoms with Gasteiger partial charge in [0.25, 0.3) is 0 Å². The number of benzene rings is 1. The number of aliphatic imine (C=N–C) groups is 1. The SMILES string of the molecule is O=C=O.Oc1c(C=Nc2ccccc2)sc2c1CCCC2. The first-order valence-electron chi connectivity index (χ1n) is 6.68. The maximum atomic E-state index is 10.2. The van der Waals surface area contributed by atoms with Crippen LogP contribution >= 0.6 is 11.3 Å². The second kappa shape index (κ2) is 7.53. The summed E-state index contributed by atoms with van der Waals surface area (Å²) < 4.78 is 0. The van der Waals surface area contributed by atoms with Crippen LogP contribution < -0.4 is 0 Å². The zero-order chi connectivity index (χ0) is 15.1. The van der Waals surface area contributed by atoms with Crippen molar-refractivity contribution in [3.63, 3.8) is 0 Å². The first-order valence-corrected chi connectivity index (χ1v) is 7.49. The molecule has 0 saturated heterocycles. The third-order valence-electron chi connectivity index (χ3n) is 3.26. The van der Waals surface area contributed by atoms with Crippen molar-refractivity contribution in [3.8, 4) is 5.75 Å². The summed E-state index contributed by atoms with van der Waals surface area (Å²) >= 11 is 1.68. The fraction of sp³-hybridized carbons (Fsp3) is 0.250. The predicted octanol–water partition coefficient (Wildman–Crippen LogP) is 3.50. The van der Waals surface area contributed by atoms with Gasteiger partial charge in [-0.1, -0.05) is 18.2 Å². The number of aromatic hydroxyl groups is 1. The van der Waals surface area contributed by atoms with Gasteiger partial charge in [0.05, 0.1) is 10.6 Å². The Hall–Kier alpha value is -2.23. The van der Waals surface area contributed by atoms with Gasteiger partial charge in [-0.05, 0) is 37.8 Å². The molecule has 21 heavy (non-hydrogen) atoms. The Morgan fingerprint density at radius 3 is 2.48 bits per heavy atom. The highest BCUT2D eigenvalue weighted by Crippen LogP contribution is 2.38. The summed E-state index contributed by atoms with van der Waals surface area (Å²) in [6, 6.07) is 9.82. The summed E-state index contributed by atoms with van der Waals surface area (Å²) in [5, 5.41) is 10.2. The van der Waals surface area contributed by atoms with Gasteiger partial charge in [-0.2, -0.15) is 9.59 Å². The first kappa shape index (κ1) is 15.2. The normalized spacial score (nSPS) is 13.1. The van der Waals surface area contributed by atoms with Crippen LogP contribution in [0.2, 0.25) is 0 Å². The van der Waals surface area contributed by atoms with E-state index >= 15 is 0 Å². The van der Waals surface area contributed by atoms with E-state index in [1.165, 1.54) is 17.7 Å². The molecule has 0 bridgehead atoms. The van der Waals surface area contributed by atoms with E-state index in [0.717, 1.165) is 29.0 Å². The van der Waals surface area contributed by atoms with Crippen LogP contribution in [0.25, 0.3) is 0 Å². The third-order valence-corrected chi connectivity index (χ3v) is 4.47. The molecule has 5 heteroatoms. The van der Waals surface area contributed by atoms with Crippen molar-refractivity contribution in [2.45, 2.75) is 25.7 Å². The number of hydrogen-bond donors (Lipinski definition) is 1. The van der Waals surface area contributed by atoms with E-state index in [2.05, 4.69) is 4.99 Å². The molecule has 0 fully saturated rings. The lowest BCUT2D eigenvalue weighted by molar-refractivity contribution is -0.191. The summed E-state index contributed by atoms with van der Waals surface area (Å²) in [5.41, 5.74) is 2.07. The van der Waals surface area contributed by atoms with Gasteiger partial charge in [-0.3, -0.25) is 4.99 Å². The molecule has 0 radical (unpaired) electrons. The smallest absolute Gasteiger partial charge is 0.373 e. The van der Waals surface area contributed by atoms with Crippen molar-refractivity contribution >= 4 is 29.4 Å². The molecule has 3 rings (SSSR count). The largest absolute Gasteiger partial charge is 0.506 e. The maximum absolute atomic E-state index is 10.2. The van der Waals surface area contributed by atoms with Crippen LogP contribution in [-0.2, 0) is 22.4 Å². The maximum Gasteiger partial charge on any atom is 0.373 e. The van der Waals surface area contributed by atoms with Crippen LogP contribution in [-0.4, -0.2) is 17.5 Å². The quantitative estimate of drug-likeness (QED) is 0.863. The van der Waals surface area contributed by atoms with Crippen LogP contribution in [0.3, 0.4) is 0 Å². The Labute approximate surface area is 126 Å². The molecule has 0 saturated carbocycles.